The van der Waals surface area contributed by atoms with E-state index in [2.05, 4.69) is 50.8 Å². The molecule has 0 radical (unpaired) electrons. The first-order valence-electron chi connectivity index (χ1n) is 5.73. The van der Waals surface area contributed by atoms with Gasteiger partial charge in [-0.15, -0.1) is 6.58 Å². The van der Waals surface area contributed by atoms with Gasteiger partial charge in [0.1, 0.15) is 0 Å². The molecule has 1 unspecified atom stereocenters. The van der Waals surface area contributed by atoms with E-state index in [9.17, 15) is 0 Å². The minimum atomic E-state index is 0.650. The number of allylic oxidation sites excluding steroid dienone is 5. The monoisotopic (exact) mass is 192 g/mol. The van der Waals surface area contributed by atoms with Gasteiger partial charge in [0.15, 0.2) is 0 Å². The zero-order valence-electron chi connectivity index (χ0n) is 9.71. The van der Waals surface area contributed by atoms with E-state index in [-0.39, 0.29) is 0 Å². The fourth-order valence-electron chi connectivity index (χ4n) is 1.36. The van der Waals surface area contributed by atoms with Crippen LogP contribution >= 0.6 is 0 Å². The molecule has 1 atom stereocenters. The van der Waals surface area contributed by atoms with Crippen molar-refractivity contribution in [1.82, 2.24) is 0 Å². The molecule has 0 aromatic heterocycles. The van der Waals surface area contributed by atoms with Gasteiger partial charge in [0.05, 0.1) is 0 Å². The Hall–Kier alpha value is -0.780. The fraction of sp³-hybridized carbons (Fsp3) is 0.571. The molecule has 0 saturated carbocycles. The molecule has 0 amide bonds. The van der Waals surface area contributed by atoms with Crippen LogP contribution in [0.25, 0.3) is 0 Å². The van der Waals surface area contributed by atoms with Crippen molar-refractivity contribution in [2.45, 2.75) is 46.0 Å². The largest absolute Gasteiger partial charge is 0.103 e. The molecule has 0 nitrogen and oxygen atoms in total. The van der Waals surface area contributed by atoms with Crippen LogP contribution in [0.15, 0.2) is 37.0 Å². The summed E-state index contributed by atoms with van der Waals surface area (Å²) < 4.78 is 0. The normalized spacial score (nSPS) is 13.9. The number of hydrogen-bond donors (Lipinski definition) is 0. The van der Waals surface area contributed by atoms with Gasteiger partial charge in [-0.05, 0) is 38.5 Å². The molecule has 0 spiro atoms. The van der Waals surface area contributed by atoms with Crippen molar-refractivity contribution in [2.24, 2.45) is 5.92 Å². The molecule has 0 aromatic rings. The summed E-state index contributed by atoms with van der Waals surface area (Å²) in [7, 11) is 0. The average Bonchev–Trinajstić information content (AvgIpc) is 2.22. The lowest BCUT2D eigenvalue weighted by Crippen LogP contribution is -1.92. The summed E-state index contributed by atoms with van der Waals surface area (Å²) >= 11 is 0. The summed E-state index contributed by atoms with van der Waals surface area (Å²) in [4.78, 5) is 0. The number of rotatable bonds is 8. The summed E-state index contributed by atoms with van der Waals surface area (Å²) in [5, 5.41) is 0. The minimum Gasteiger partial charge on any atom is -0.103 e. The third-order valence-corrected chi connectivity index (χ3v) is 2.33. The number of unbranched alkanes of at least 4 members (excludes halogenated alkanes) is 1. The molecule has 0 heterocycles. The van der Waals surface area contributed by atoms with E-state index in [4.69, 9.17) is 0 Å². The Balaban J connectivity index is 3.56. The molecule has 0 saturated heterocycles. The van der Waals surface area contributed by atoms with Crippen LogP contribution in [0, 0.1) is 5.92 Å². The van der Waals surface area contributed by atoms with E-state index >= 15 is 0 Å². The summed E-state index contributed by atoms with van der Waals surface area (Å²) in [6.07, 6.45) is 17.0. The summed E-state index contributed by atoms with van der Waals surface area (Å²) in [5.41, 5.74) is 0. The van der Waals surface area contributed by atoms with Crippen LogP contribution in [0.5, 0.6) is 0 Å². The lowest BCUT2D eigenvalue weighted by molar-refractivity contribution is 0.607. The second-order valence-corrected chi connectivity index (χ2v) is 3.64. The van der Waals surface area contributed by atoms with E-state index in [0.29, 0.717) is 5.92 Å². The van der Waals surface area contributed by atoms with Gasteiger partial charge in [0, 0.05) is 0 Å². The first-order chi connectivity index (χ1) is 6.85. The topological polar surface area (TPSA) is 0 Å². The second kappa shape index (κ2) is 10.3. The third-order valence-electron chi connectivity index (χ3n) is 2.33. The van der Waals surface area contributed by atoms with Gasteiger partial charge in [0.2, 0.25) is 0 Å². The zero-order chi connectivity index (χ0) is 10.6. The van der Waals surface area contributed by atoms with Crippen molar-refractivity contribution in [3.63, 3.8) is 0 Å². The lowest BCUT2D eigenvalue weighted by atomic mass is 9.99. The van der Waals surface area contributed by atoms with Crippen molar-refractivity contribution >= 4 is 0 Å². The van der Waals surface area contributed by atoms with Crippen molar-refractivity contribution in [2.75, 3.05) is 0 Å². The van der Waals surface area contributed by atoms with Gasteiger partial charge in [-0.25, -0.2) is 0 Å². The van der Waals surface area contributed by atoms with Gasteiger partial charge in [0.25, 0.3) is 0 Å². The van der Waals surface area contributed by atoms with Crippen molar-refractivity contribution in [3.8, 4) is 0 Å². The quantitative estimate of drug-likeness (QED) is 0.480. The van der Waals surface area contributed by atoms with Crippen LogP contribution in [-0.2, 0) is 0 Å². The minimum absolute atomic E-state index is 0.650. The van der Waals surface area contributed by atoms with Crippen LogP contribution in [0.2, 0.25) is 0 Å². The fourth-order valence-corrected chi connectivity index (χ4v) is 1.36. The van der Waals surface area contributed by atoms with Crippen molar-refractivity contribution < 1.29 is 0 Å². The highest BCUT2D eigenvalue weighted by atomic mass is 14.0. The van der Waals surface area contributed by atoms with Gasteiger partial charge < -0.3 is 0 Å². The maximum Gasteiger partial charge on any atom is -0.0199 e. The number of hydrogen-bond acceptors (Lipinski definition) is 0. The molecule has 14 heavy (non-hydrogen) atoms. The molecule has 0 aliphatic rings. The van der Waals surface area contributed by atoms with Crippen molar-refractivity contribution in [1.29, 1.82) is 0 Å². The first kappa shape index (κ1) is 13.2. The van der Waals surface area contributed by atoms with Crippen LogP contribution in [0.1, 0.15) is 46.0 Å². The van der Waals surface area contributed by atoms with E-state index in [1.165, 1.54) is 25.7 Å². The molecule has 0 bridgehead atoms. The maximum atomic E-state index is 3.87. The summed E-state index contributed by atoms with van der Waals surface area (Å²) in [5.74, 6) is 0.650. The smallest absolute Gasteiger partial charge is 0.0199 e. The SMILES string of the molecule is C=CC(C/C=C\C)CC/C=C/CCC. The summed E-state index contributed by atoms with van der Waals surface area (Å²) in [6, 6.07) is 0. The Kier molecular flexibility index (Phi) is 9.73. The molecule has 80 valence electrons. The standard InChI is InChI=1S/C14H24/c1-4-7-9-10-11-13-14(6-3)12-8-5-2/h5-6,8-10,14H,3-4,7,11-13H2,1-2H3/b8-5-,10-9+. The predicted molar refractivity (Wildman–Crippen MR) is 66.4 cm³/mol. The molecule has 0 N–H and O–H groups in total. The molecule has 0 rings (SSSR count). The maximum absolute atomic E-state index is 3.87. The highest BCUT2D eigenvalue weighted by molar-refractivity contribution is 4.90. The average molecular weight is 192 g/mol. The second-order valence-electron chi connectivity index (χ2n) is 3.64. The molecule has 0 aromatic carbocycles. The van der Waals surface area contributed by atoms with E-state index in [1.807, 2.05) is 0 Å². The van der Waals surface area contributed by atoms with Gasteiger partial charge in [-0.3, -0.25) is 0 Å². The summed E-state index contributed by atoms with van der Waals surface area (Å²) in [6.45, 7) is 8.15. The molecular weight excluding hydrogens is 168 g/mol. The molecule has 0 fully saturated rings. The lowest BCUT2D eigenvalue weighted by Gasteiger charge is -2.06. The van der Waals surface area contributed by atoms with E-state index in [1.54, 1.807) is 0 Å². The Morgan fingerprint density at radius 2 is 1.86 bits per heavy atom. The van der Waals surface area contributed by atoms with Crippen LogP contribution in [0.4, 0.5) is 0 Å². The zero-order valence-corrected chi connectivity index (χ0v) is 9.71. The third kappa shape index (κ3) is 7.85. The van der Waals surface area contributed by atoms with E-state index in [0.717, 1.165) is 6.42 Å². The van der Waals surface area contributed by atoms with Crippen LogP contribution in [0.3, 0.4) is 0 Å². The predicted octanol–water partition coefficient (Wildman–Crippen LogP) is 4.89. The Bertz CT molecular complexity index is 174. The highest BCUT2D eigenvalue weighted by Gasteiger charge is 1.99. The van der Waals surface area contributed by atoms with Gasteiger partial charge in [-0.1, -0.05) is 43.7 Å². The molecule has 0 heteroatoms. The Labute approximate surface area is 89.4 Å². The Morgan fingerprint density at radius 1 is 1.14 bits per heavy atom. The van der Waals surface area contributed by atoms with Crippen LogP contribution < -0.4 is 0 Å². The first-order valence-corrected chi connectivity index (χ1v) is 5.73. The van der Waals surface area contributed by atoms with Gasteiger partial charge >= 0.3 is 0 Å². The Morgan fingerprint density at radius 3 is 2.43 bits per heavy atom. The molecule has 0 aliphatic heterocycles. The van der Waals surface area contributed by atoms with Gasteiger partial charge in [-0.2, -0.15) is 0 Å². The molecular formula is C14H24. The van der Waals surface area contributed by atoms with Crippen molar-refractivity contribution in [3.05, 3.63) is 37.0 Å². The highest BCUT2D eigenvalue weighted by Crippen LogP contribution is 2.13. The molecule has 0 aliphatic carbocycles. The van der Waals surface area contributed by atoms with Crippen LogP contribution in [-0.4, -0.2) is 0 Å². The van der Waals surface area contributed by atoms with E-state index < -0.39 is 0 Å².